The van der Waals surface area contributed by atoms with Crippen molar-refractivity contribution in [3.05, 3.63) is 69.5 Å². The van der Waals surface area contributed by atoms with Crippen molar-refractivity contribution < 1.29 is 9.18 Å². The first-order chi connectivity index (χ1) is 10.5. The molecule has 1 aliphatic rings. The molecule has 0 aliphatic carbocycles. The van der Waals surface area contributed by atoms with Crippen LogP contribution in [0, 0.1) is 24.1 Å². The number of nitrogens with zero attached hydrogens (tertiary/aromatic N) is 2. The molecule has 1 amide bonds. The molecule has 2 aromatic carbocycles. The van der Waals surface area contributed by atoms with Gasteiger partial charge in [0.1, 0.15) is 11.9 Å². The minimum absolute atomic E-state index is 0.217. The second-order valence-electron chi connectivity index (χ2n) is 5.23. The number of amides is 1. The molecule has 3 rings (SSSR count). The van der Waals surface area contributed by atoms with E-state index in [4.69, 9.17) is 11.6 Å². The lowest BCUT2D eigenvalue weighted by Gasteiger charge is -2.20. The number of carbonyl (C=O) groups is 1. The maximum absolute atomic E-state index is 13.0. The average molecular weight is 315 g/mol. The third-order valence-corrected chi connectivity index (χ3v) is 4.31. The van der Waals surface area contributed by atoms with Gasteiger partial charge >= 0.3 is 0 Å². The minimum Gasteiger partial charge on any atom is -0.314 e. The maximum Gasteiger partial charge on any atom is 0.256 e. The van der Waals surface area contributed by atoms with E-state index in [1.54, 1.807) is 31.2 Å². The van der Waals surface area contributed by atoms with E-state index in [0.29, 0.717) is 21.7 Å². The highest BCUT2D eigenvalue weighted by molar-refractivity contribution is 6.32. The van der Waals surface area contributed by atoms with Crippen molar-refractivity contribution in [3.63, 3.8) is 0 Å². The van der Waals surface area contributed by atoms with Gasteiger partial charge in [-0.05, 0) is 36.2 Å². The van der Waals surface area contributed by atoms with Crippen molar-refractivity contribution >= 4 is 17.5 Å². The first kappa shape index (κ1) is 14.6. The molecule has 0 saturated heterocycles. The summed E-state index contributed by atoms with van der Waals surface area (Å²) < 4.78 is 13.0. The van der Waals surface area contributed by atoms with E-state index < -0.39 is 6.04 Å². The number of nitriles is 1. The van der Waals surface area contributed by atoms with Crippen molar-refractivity contribution in [2.45, 2.75) is 19.5 Å². The molecule has 1 unspecified atom stereocenters. The molecule has 0 spiro atoms. The Bertz CT molecular complexity index is 796. The number of halogens is 2. The normalized spacial score (nSPS) is 16.5. The Morgan fingerprint density at radius 3 is 2.59 bits per heavy atom. The van der Waals surface area contributed by atoms with Crippen LogP contribution in [-0.2, 0) is 6.54 Å². The van der Waals surface area contributed by atoms with Crippen molar-refractivity contribution in [3.8, 4) is 6.07 Å². The van der Waals surface area contributed by atoms with E-state index in [-0.39, 0.29) is 18.3 Å². The monoisotopic (exact) mass is 314 g/mol. The summed E-state index contributed by atoms with van der Waals surface area (Å²) in [6, 6.07) is 10.8. The van der Waals surface area contributed by atoms with Gasteiger partial charge in [-0.2, -0.15) is 5.26 Å². The van der Waals surface area contributed by atoms with Gasteiger partial charge in [-0.25, -0.2) is 4.39 Å². The predicted molar refractivity (Wildman–Crippen MR) is 80.8 cm³/mol. The SMILES string of the molecule is Cc1c(Cl)ccc2c1C(=O)N(Cc1ccc(F)cc1)C2C#N. The molecule has 0 fully saturated rings. The van der Waals surface area contributed by atoms with Crippen LogP contribution in [0.15, 0.2) is 36.4 Å². The van der Waals surface area contributed by atoms with Crippen LogP contribution in [0.1, 0.15) is 33.1 Å². The highest BCUT2D eigenvalue weighted by atomic mass is 35.5. The molecule has 0 radical (unpaired) electrons. The standard InChI is InChI=1S/C17H12ClFN2O/c1-10-14(18)7-6-13-15(8-20)21(17(22)16(10)13)9-11-2-4-12(19)5-3-11/h2-7,15H,9H2,1H3. The number of hydrogen-bond acceptors (Lipinski definition) is 2. The summed E-state index contributed by atoms with van der Waals surface area (Å²) in [7, 11) is 0. The molecular weight excluding hydrogens is 303 g/mol. The number of rotatable bonds is 2. The van der Waals surface area contributed by atoms with E-state index in [0.717, 1.165) is 5.56 Å². The molecule has 2 aromatic rings. The Labute approximate surface area is 132 Å². The number of carbonyl (C=O) groups excluding carboxylic acids is 1. The Morgan fingerprint density at radius 1 is 1.27 bits per heavy atom. The lowest BCUT2D eigenvalue weighted by molar-refractivity contribution is 0.0744. The molecular formula is C17H12ClFN2O. The van der Waals surface area contributed by atoms with Crippen LogP contribution < -0.4 is 0 Å². The molecule has 1 atom stereocenters. The Morgan fingerprint density at radius 2 is 1.95 bits per heavy atom. The van der Waals surface area contributed by atoms with E-state index >= 15 is 0 Å². The smallest absolute Gasteiger partial charge is 0.256 e. The topological polar surface area (TPSA) is 44.1 Å². The van der Waals surface area contributed by atoms with Gasteiger partial charge in [0.2, 0.25) is 0 Å². The van der Waals surface area contributed by atoms with Crippen molar-refractivity contribution in [2.24, 2.45) is 0 Å². The van der Waals surface area contributed by atoms with Gasteiger partial charge in [0.25, 0.3) is 5.91 Å². The first-order valence-corrected chi connectivity index (χ1v) is 7.14. The number of hydrogen-bond donors (Lipinski definition) is 0. The quantitative estimate of drug-likeness (QED) is 0.840. The van der Waals surface area contributed by atoms with Crippen molar-refractivity contribution in [1.29, 1.82) is 5.26 Å². The fourth-order valence-electron chi connectivity index (χ4n) is 2.74. The van der Waals surface area contributed by atoms with E-state index in [1.165, 1.54) is 17.0 Å². The predicted octanol–water partition coefficient (Wildman–Crippen LogP) is 4.01. The van der Waals surface area contributed by atoms with E-state index in [2.05, 4.69) is 6.07 Å². The van der Waals surface area contributed by atoms with Gasteiger partial charge in [-0.3, -0.25) is 4.79 Å². The van der Waals surface area contributed by atoms with Crippen molar-refractivity contribution in [1.82, 2.24) is 4.90 Å². The van der Waals surface area contributed by atoms with Gasteiger partial charge in [0.05, 0.1) is 11.6 Å². The zero-order valence-electron chi connectivity index (χ0n) is 11.8. The third kappa shape index (κ3) is 2.24. The van der Waals surface area contributed by atoms with Crippen LogP contribution in [0.3, 0.4) is 0 Å². The summed E-state index contributed by atoms with van der Waals surface area (Å²) in [6.45, 7) is 2.03. The lowest BCUT2D eigenvalue weighted by atomic mass is 10.0. The fraction of sp³-hybridized carbons (Fsp3) is 0.176. The Hall–Kier alpha value is -2.38. The molecule has 0 aromatic heterocycles. The van der Waals surface area contributed by atoms with Gasteiger partial charge in [0.15, 0.2) is 0 Å². The molecule has 0 N–H and O–H groups in total. The second-order valence-corrected chi connectivity index (χ2v) is 5.63. The maximum atomic E-state index is 13.0. The minimum atomic E-state index is -0.650. The van der Waals surface area contributed by atoms with Gasteiger partial charge in [-0.1, -0.05) is 29.8 Å². The molecule has 0 saturated carbocycles. The molecule has 0 bridgehead atoms. The first-order valence-electron chi connectivity index (χ1n) is 6.77. The number of benzene rings is 2. The van der Waals surface area contributed by atoms with Crippen molar-refractivity contribution in [2.75, 3.05) is 0 Å². The molecule has 22 heavy (non-hydrogen) atoms. The van der Waals surface area contributed by atoms with Crippen LogP contribution in [0.4, 0.5) is 4.39 Å². The average Bonchev–Trinajstić information content (AvgIpc) is 2.78. The summed E-state index contributed by atoms with van der Waals surface area (Å²) in [6.07, 6.45) is 0. The third-order valence-electron chi connectivity index (χ3n) is 3.90. The van der Waals surface area contributed by atoms with E-state index in [9.17, 15) is 14.4 Å². The van der Waals surface area contributed by atoms with Gasteiger partial charge in [-0.15, -0.1) is 0 Å². The fourth-order valence-corrected chi connectivity index (χ4v) is 2.89. The van der Waals surface area contributed by atoms with E-state index in [1.807, 2.05) is 0 Å². The van der Waals surface area contributed by atoms with Crippen LogP contribution in [0.25, 0.3) is 0 Å². The molecule has 5 heteroatoms. The van der Waals surface area contributed by atoms with Crippen LogP contribution >= 0.6 is 11.6 Å². The number of fused-ring (bicyclic) bond motifs is 1. The molecule has 110 valence electrons. The summed E-state index contributed by atoms with van der Waals surface area (Å²) >= 11 is 6.08. The zero-order chi connectivity index (χ0) is 15.9. The summed E-state index contributed by atoms with van der Waals surface area (Å²) in [5.41, 5.74) is 2.63. The molecule has 1 aliphatic heterocycles. The lowest BCUT2D eigenvalue weighted by Crippen LogP contribution is -2.27. The van der Waals surface area contributed by atoms with Gasteiger partial charge < -0.3 is 4.90 Å². The zero-order valence-corrected chi connectivity index (χ0v) is 12.6. The van der Waals surface area contributed by atoms with Crippen LogP contribution in [0.5, 0.6) is 0 Å². The van der Waals surface area contributed by atoms with Gasteiger partial charge in [0, 0.05) is 17.1 Å². The second kappa shape index (κ2) is 5.43. The Balaban J connectivity index is 2.00. The molecule has 3 nitrogen and oxygen atoms in total. The summed E-state index contributed by atoms with van der Waals surface area (Å²) in [5, 5.41) is 9.95. The molecule has 1 heterocycles. The summed E-state index contributed by atoms with van der Waals surface area (Å²) in [4.78, 5) is 14.1. The highest BCUT2D eigenvalue weighted by Gasteiger charge is 2.38. The van der Waals surface area contributed by atoms with Crippen LogP contribution in [0.2, 0.25) is 5.02 Å². The Kier molecular flexibility index (Phi) is 3.59. The summed E-state index contributed by atoms with van der Waals surface area (Å²) in [5.74, 6) is -0.551. The van der Waals surface area contributed by atoms with Crippen LogP contribution in [-0.4, -0.2) is 10.8 Å². The largest absolute Gasteiger partial charge is 0.314 e. The highest BCUT2D eigenvalue weighted by Crippen LogP contribution is 2.38.